The molecule has 154 valence electrons. The Kier molecular flexibility index (Phi) is 8.78. The number of benzene rings is 1. The van der Waals surface area contributed by atoms with Gasteiger partial charge in [0, 0.05) is 46.0 Å². The summed E-state index contributed by atoms with van der Waals surface area (Å²) in [4.78, 5) is 8.29. The number of halogens is 2. The highest BCUT2D eigenvalue weighted by Crippen LogP contribution is 2.23. The summed E-state index contributed by atoms with van der Waals surface area (Å²) < 4.78 is 36.8. The maximum Gasteiger partial charge on any atom is 0.193 e. The normalized spacial score (nSPS) is 18.6. The van der Waals surface area contributed by atoms with Gasteiger partial charge in [0.15, 0.2) is 15.8 Å². The fourth-order valence-electron chi connectivity index (χ4n) is 3.02. The zero-order valence-electron chi connectivity index (χ0n) is 16.4. The summed E-state index contributed by atoms with van der Waals surface area (Å²) in [7, 11) is 0.570. The number of nitrogens with zero attached hydrogens (tertiary/aromatic N) is 3. The Hall–Kier alpha value is -1.10. The topological polar surface area (TPSA) is 65.0 Å². The molecular weight excluding hydrogens is 482 g/mol. The summed E-state index contributed by atoms with van der Waals surface area (Å²) >= 11 is 0. The van der Waals surface area contributed by atoms with Crippen LogP contribution in [0.2, 0.25) is 0 Å². The molecule has 27 heavy (non-hydrogen) atoms. The third-order valence-electron chi connectivity index (χ3n) is 4.76. The van der Waals surface area contributed by atoms with Crippen LogP contribution in [0.15, 0.2) is 29.3 Å². The quantitative estimate of drug-likeness (QED) is 0.284. The van der Waals surface area contributed by atoms with E-state index in [1.807, 2.05) is 22.9 Å². The van der Waals surface area contributed by atoms with Gasteiger partial charge in [-0.3, -0.25) is 4.99 Å². The van der Waals surface area contributed by atoms with Gasteiger partial charge in [0.25, 0.3) is 0 Å². The fraction of sp³-hybridized carbons (Fsp3) is 0.611. The molecule has 6 nitrogen and oxygen atoms in total. The Morgan fingerprint density at radius 1 is 1.41 bits per heavy atom. The van der Waals surface area contributed by atoms with Crippen LogP contribution in [0, 0.1) is 5.82 Å². The van der Waals surface area contributed by atoms with Gasteiger partial charge in [-0.1, -0.05) is 6.07 Å². The molecule has 9 heteroatoms. The van der Waals surface area contributed by atoms with Crippen molar-refractivity contribution in [1.29, 1.82) is 0 Å². The summed E-state index contributed by atoms with van der Waals surface area (Å²) in [6.07, 6.45) is 0.849. The Labute approximate surface area is 179 Å². The van der Waals surface area contributed by atoms with Crippen LogP contribution in [-0.4, -0.2) is 70.1 Å². The highest BCUT2D eigenvalue weighted by Gasteiger charge is 2.40. The molecule has 0 aromatic heterocycles. The van der Waals surface area contributed by atoms with E-state index in [2.05, 4.69) is 10.3 Å². The number of sulfone groups is 1. The van der Waals surface area contributed by atoms with Crippen molar-refractivity contribution in [2.45, 2.75) is 25.0 Å². The average molecular weight is 512 g/mol. The van der Waals surface area contributed by atoms with E-state index in [1.165, 1.54) is 12.1 Å². The summed E-state index contributed by atoms with van der Waals surface area (Å²) in [6, 6.07) is 6.53. The van der Waals surface area contributed by atoms with E-state index in [-0.39, 0.29) is 35.5 Å². The summed E-state index contributed by atoms with van der Waals surface area (Å²) in [5.41, 5.74) is 0.845. The smallest absolute Gasteiger partial charge is 0.193 e. The molecule has 1 aliphatic rings. The highest BCUT2D eigenvalue weighted by atomic mass is 127. The molecule has 0 spiro atoms. The number of hydrogen-bond donors (Lipinski definition) is 1. The Bertz CT molecular complexity index is 755. The van der Waals surface area contributed by atoms with E-state index in [0.29, 0.717) is 19.6 Å². The van der Waals surface area contributed by atoms with Gasteiger partial charge in [0.2, 0.25) is 0 Å². The van der Waals surface area contributed by atoms with Crippen molar-refractivity contribution in [3.63, 3.8) is 0 Å². The van der Waals surface area contributed by atoms with Crippen molar-refractivity contribution in [3.05, 3.63) is 30.1 Å². The second kappa shape index (κ2) is 9.90. The first-order valence-corrected chi connectivity index (χ1v) is 10.5. The molecule has 0 unspecified atom stereocenters. The zero-order valence-corrected chi connectivity index (χ0v) is 19.6. The lowest BCUT2D eigenvalue weighted by Gasteiger charge is -2.39. The fourth-order valence-corrected chi connectivity index (χ4v) is 4.38. The van der Waals surface area contributed by atoms with E-state index < -0.39 is 14.6 Å². The minimum Gasteiger partial charge on any atom is -0.374 e. The Morgan fingerprint density at radius 2 is 2.11 bits per heavy atom. The van der Waals surface area contributed by atoms with Gasteiger partial charge in [0.1, 0.15) is 5.82 Å². The molecule has 1 N–H and O–H groups in total. The number of aliphatic imine (C=N–C) groups is 1. The second-order valence-electron chi connectivity index (χ2n) is 7.23. The minimum absolute atomic E-state index is 0. The largest absolute Gasteiger partial charge is 0.374 e. The van der Waals surface area contributed by atoms with Crippen molar-refractivity contribution in [3.8, 4) is 0 Å². The molecule has 1 heterocycles. The highest BCUT2D eigenvalue weighted by molar-refractivity contribution is 14.0. The number of guanidine groups is 1. The minimum atomic E-state index is -3.07. The summed E-state index contributed by atoms with van der Waals surface area (Å²) in [5.74, 6) is 0.625. The van der Waals surface area contributed by atoms with E-state index >= 15 is 0 Å². The summed E-state index contributed by atoms with van der Waals surface area (Å²) in [6.45, 7) is 5.88. The van der Waals surface area contributed by atoms with Crippen LogP contribution in [0.1, 0.15) is 20.3 Å². The lowest BCUT2D eigenvalue weighted by Crippen LogP contribution is -2.57. The average Bonchev–Trinajstić information content (AvgIpc) is 2.57. The van der Waals surface area contributed by atoms with Crippen LogP contribution in [0.25, 0.3) is 0 Å². The van der Waals surface area contributed by atoms with Crippen molar-refractivity contribution in [2.75, 3.05) is 50.9 Å². The number of rotatable bonds is 5. The molecular formula is C18H30FIN4O2S. The predicted octanol–water partition coefficient (Wildman–Crippen LogP) is 2.35. The van der Waals surface area contributed by atoms with Crippen LogP contribution < -0.4 is 10.2 Å². The Morgan fingerprint density at radius 3 is 2.70 bits per heavy atom. The van der Waals surface area contributed by atoms with Crippen molar-refractivity contribution >= 4 is 45.5 Å². The van der Waals surface area contributed by atoms with E-state index in [0.717, 1.165) is 24.6 Å². The van der Waals surface area contributed by atoms with Crippen LogP contribution in [0.5, 0.6) is 0 Å². The van der Waals surface area contributed by atoms with Gasteiger partial charge >= 0.3 is 0 Å². The molecule has 0 amide bonds. The molecule has 1 saturated heterocycles. The third-order valence-corrected chi connectivity index (χ3v) is 7.29. The van der Waals surface area contributed by atoms with Gasteiger partial charge in [-0.25, -0.2) is 12.8 Å². The maximum absolute atomic E-state index is 13.3. The summed E-state index contributed by atoms with van der Waals surface area (Å²) in [5, 5.41) is 3.30. The zero-order chi connectivity index (χ0) is 19.4. The van der Waals surface area contributed by atoms with Crippen LogP contribution in [0.3, 0.4) is 0 Å². The van der Waals surface area contributed by atoms with Gasteiger partial charge in [0.05, 0.1) is 10.5 Å². The van der Waals surface area contributed by atoms with Gasteiger partial charge in [-0.05, 0) is 38.5 Å². The van der Waals surface area contributed by atoms with Crippen LogP contribution in [0.4, 0.5) is 10.1 Å². The molecule has 0 atom stereocenters. The van der Waals surface area contributed by atoms with Gasteiger partial charge < -0.3 is 15.1 Å². The number of hydrogen-bond acceptors (Lipinski definition) is 4. The maximum atomic E-state index is 13.3. The van der Waals surface area contributed by atoms with Crippen LogP contribution >= 0.6 is 24.0 Å². The van der Waals surface area contributed by atoms with E-state index in [9.17, 15) is 12.8 Å². The van der Waals surface area contributed by atoms with E-state index in [4.69, 9.17) is 0 Å². The van der Waals surface area contributed by atoms with Gasteiger partial charge in [-0.15, -0.1) is 24.0 Å². The van der Waals surface area contributed by atoms with Gasteiger partial charge in [-0.2, -0.15) is 0 Å². The first-order valence-electron chi connectivity index (χ1n) is 8.81. The first kappa shape index (κ1) is 23.9. The van der Waals surface area contributed by atoms with Crippen molar-refractivity contribution in [2.24, 2.45) is 4.99 Å². The van der Waals surface area contributed by atoms with E-state index in [1.54, 1.807) is 27.0 Å². The second-order valence-corrected chi connectivity index (χ2v) is 9.97. The SMILES string of the molecule is CN=C(NCCCN(C)c1cccc(F)c1)N1CCS(=O)(=O)C(C)(C)C1.I. The predicted molar refractivity (Wildman–Crippen MR) is 121 cm³/mol. The molecule has 1 aromatic carbocycles. The lowest BCUT2D eigenvalue weighted by molar-refractivity contribution is 0.353. The number of anilines is 1. The molecule has 0 bridgehead atoms. The molecule has 0 radical (unpaired) electrons. The first-order chi connectivity index (χ1) is 12.2. The lowest BCUT2D eigenvalue weighted by atomic mass is 10.2. The molecule has 1 aliphatic heterocycles. The standard InChI is InChI=1S/C18H29FN4O2S.HI/c1-18(2)14-23(11-12-26(18,24)25)17(20-3)21-9-6-10-22(4)16-8-5-7-15(19)13-16;/h5,7-8,13H,6,9-12,14H2,1-4H3,(H,20,21);1H. The van der Waals surface area contributed by atoms with Crippen LogP contribution in [-0.2, 0) is 9.84 Å². The Balaban J connectivity index is 0.00000364. The molecule has 1 aromatic rings. The third kappa shape index (κ3) is 6.20. The number of nitrogens with one attached hydrogen (secondary N) is 1. The van der Waals surface area contributed by atoms with Crippen molar-refractivity contribution in [1.82, 2.24) is 10.2 Å². The molecule has 0 aliphatic carbocycles. The molecule has 1 fully saturated rings. The van der Waals surface area contributed by atoms with Crippen molar-refractivity contribution < 1.29 is 12.8 Å². The molecule has 2 rings (SSSR count). The molecule has 0 saturated carbocycles. The monoisotopic (exact) mass is 512 g/mol.